The van der Waals surface area contributed by atoms with Gasteiger partial charge in [-0.2, -0.15) is 4.98 Å². The standard InChI is InChI=1S/C30H32N8O4/c1-30(2)22-14-19(8-7-18(22)11-13-35(30)3)32-29-31-15-21-26(34-29)38-24-10-9-23-27(33-24)36(25(40)17-42-23)16-20(39)6-4-5-12-37(38)28(21)41/h4-5,7-10,14-15,20,39H,6,11-13,16-17H2,1-3H3,(H,31,32,34)/b5-4-. The molecule has 0 radical (unpaired) electrons. The fourth-order valence-corrected chi connectivity index (χ4v) is 5.92. The molecule has 2 bridgehead atoms. The van der Waals surface area contributed by atoms with Gasteiger partial charge in [-0.05, 0) is 69.1 Å². The lowest BCUT2D eigenvalue weighted by Gasteiger charge is -2.41. The van der Waals surface area contributed by atoms with Crippen molar-refractivity contribution in [3.63, 3.8) is 0 Å². The van der Waals surface area contributed by atoms with E-state index in [2.05, 4.69) is 48.2 Å². The topological polar surface area (TPSA) is 131 Å². The van der Waals surface area contributed by atoms with Gasteiger partial charge in [0.1, 0.15) is 5.39 Å². The van der Waals surface area contributed by atoms with Gasteiger partial charge in [-0.25, -0.2) is 19.3 Å². The van der Waals surface area contributed by atoms with Gasteiger partial charge in [-0.15, -0.1) is 0 Å². The van der Waals surface area contributed by atoms with Crippen LogP contribution in [0.1, 0.15) is 31.4 Å². The highest BCUT2D eigenvalue weighted by molar-refractivity contribution is 5.97. The number of fused-ring (bicyclic) bond motifs is 6. The summed E-state index contributed by atoms with van der Waals surface area (Å²) < 4.78 is 8.79. The highest BCUT2D eigenvalue weighted by Gasteiger charge is 2.33. The normalized spacial score (nSPS) is 20.6. The Morgan fingerprint density at radius 3 is 2.83 bits per heavy atom. The largest absolute Gasteiger partial charge is 0.480 e. The summed E-state index contributed by atoms with van der Waals surface area (Å²) in [6.07, 6.45) is 5.67. The van der Waals surface area contributed by atoms with Crippen molar-refractivity contribution in [3.05, 3.63) is 70.2 Å². The molecule has 3 aliphatic heterocycles. The Kier molecular flexibility index (Phi) is 6.13. The van der Waals surface area contributed by atoms with E-state index in [1.807, 2.05) is 18.2 Å². The second-order valence-corrected chi connectivity index (χ2v) is 11.5. The molecule has 1 amide bonds. The van der Waals surface area contributed by atoms with Crippen LogP contribution in [0.3, 0.4) is 0 Å². The zero-order valence-electron chi connectivity index (χ0n) is 23.7. The molecule has 6 heterocycles. The molecule has 7 rings (SSSR count). The molecule has 12 heteroatoms. The molecule has 0 saturated heterocycles. The van der Waals surface area contributed by atoms with E-state index in [0.29, 0.717) is 40.8 Å². The van der Waals surface area contributed by atoms with E-state index in [1.54, 1.807) is 16.8 Å². The zero-order valence-corrected chi connectivity index (χ0v) is 23.7. The first kappa shape index (κ1) is 26.4. The summed E-state index contributed by atoms with van der Waals surface area (Å²) in [4.78, 5) is 44.1. The molecule has 4 aromatic rings. The monoisotopic (exact) mass is 568 g/mol. The fraction of sp³-hybridized carbons (Fsp3) is 0.367. The van der Waals surface area contributed by atoms with E-state index in [9.17, 15) is 14.7 Å². The molecule has 1 atom stereocenters. The van der Waals surface area contributed by atoms with Crippen LogP contribution < -0.4 is 20.5 Å². The summed E-state index contributed by atoms with van der Waals surface area (Å²) in [5.74, 6) is 1.16. The number of benzene rings is 1. The Morgan fingerprint density at radius 1 is 1.12 bits per heavy atom. The van der Waals surface area contributed by atoms with Crippen molar-refractivity contribution in [2.45, 2.75) is 44.9 Å². The molecule has 42 heavy (non-hydrogen) atoms. The Labute approximate surface area is 241 Å². The number of anilines is 3. The number of aliphatic hydroxyl groups is 1. The van der Waals surface area contributed by atoms with Crippen LogP contribution >= 0.6 is 0 Å². The Morgan fingerprint density at radius 2 is 1.98 bits per heavy atom. The zero-order chi connectivity index (χ0) is 29.2. The fourth-order valence-electron chi connectivity index (χ4n) is 5.92. The van der Waals surface area contributed by atoms with Crippen LogP contribution in [-0.4, -0.2) is 73.1 Å². The summed E-state index contributed by atoms with van der Waals surface area (Å²) in [7, 11) is 2.14. The number of aromatic nitrogens is 5. The van der Waals surface area contributed by atoms with Crippen molar-refractivity contribution in [1.82, 2.24) is 29.2 Å². The second-order valence-electron chi connectivity index (χ2n) is 11.5. The lowest BCUT2D eigenvalue weighted by molar-refractivity contribution is -0.121. The molecule has 0 saturated carbocycles. The molecule has 3 aromatic heterocycles. The predicted molar refractivity (Wildman–Crippen MR) is 158 cm³/mol. The molecule has 216 valence electrons. The number of amides is 1. The van der Waals surface area contributed by atoms with Crippen molar-refractivity contribution >= 4 is 34.4 Å². The van der Waals surface area contributed by atoms with Crippen molar-refractivity contribution < 1.29 is 14.6 Å². The minimum atomic E-state index is -0.794. The van der Waals surface area contributed by atoms with Gasteiger partial charge in [0, 0.05) is 24.0 Å². The molecule has 0 spiro atoms. The number of allylic oxidation sites excluding steroid dienone is 1. The number of hydrogen-bond donors (Lipinski definition) is 2. The number of rotatable bonds is 2. The summed E-state index contributed by atoms with van der Waals surface area (Å²) in [5.41, 5.74) is 3.42. The lowest BCUT2D eigenvalue weighted by atomic mass is 9.83. The van der Waals surface area contributed by atoms with Gasteiger partial charge in [0.2, 0.25) is 5.95 Å². The number of aliphatic hydroxyl groups excluding tert-OH is 1. The first-order valence-electron chi connectivity index (χ1n) is 14.1. The van der Waals surface area contributed by atoms with Crippen LogP contribution in [0.2, 0.25) is 0 Å². The van der Waals surface area contributed by atoms with Crippen molar-refractivity contribution in [1.29, 1.82) is 0 Å². The van der Waals surface area contributed by atoms with E-state index < -0.39 is 6.10 Å². The van der Waals surface area contributed by atoms with E-state index in [4.69, 9.17) is 14.7 Å². The van der Waals surface area contributed by atoms with Crippen molar-refractivity contribution in [3.8, 4) is 11.6 Å². The number of nitrogens with zero attached hydrogens (tertiary/aromatic N) is 7. The van der Waals surface area contributed by atoms with E-state index in [0.717, 1.165) is 18.7 Å². The molecular weight excluding hydrogens is 536 g/mol. The SMILES string of the molecule is CN1CCc2ccc(Nc3ncc4c(=O)n5n(c4n3)-c3ccc4c(n3)N(CC(O)C/C=C\C5)C(=O)CO4)cc2C1(C)C. The molecule has 0 aliphatic carbocycles. The lowest BCUT2D eigenvalue weighted by Crippen LogP contribution is -2.44. The van der Waals surface area contributed by atoms with Crippen LogP contribution in [0.15, 0.2) is 53.5 Å². The Balaban J connectivity index is 1.35. The van der Waals surface area contributed by atoms with Crippen LogP contribution in [0.25, 0.3) is 16.9 Å². The quantitative estimate of drug-likeness (QED) is 0.350. The van der Waals surface area contributed by atoms with Gasteiger partial charge in [0.15, 0.2) is 29.6 Å². The Bertz CT molecular complexity index is 1820. The molecule has 3 aliphatic rings. The minimum absolute atomic E-state index is 0.0822. The summed E-state index contributed by atoms with van der Waals surface area (Å²) >= 11 is 0. The number of pyridine rings is 1. The third-order valence-electron chi connectivity index (χ3n) is 8.57. The average molecular weight is 569 g/mol. The van der Waals surface area contributed by atoms with Crippen LogP contribution in [0.5, 0.6) is 5.75 Å². The van der Waals surface area contributed by atoms with E-state index >= 15 is 0 Å². The van der Waals surface area contributed by atoms with Crippen LogP contribution in [0, 0.1) is 0 Å². The maximum Gasteiger partial charge on any atom is 0.278 e. The maximum atomic E-state index is 13.6. The average Bonchev–Trinajstić information content (AvgIpc) is 3.24. The Hall–Kier alpha value is -4.55. The summed E-state index contributed by atoms with van der Waals surface area (Å²) in [5, 5.41) is 14.2. The third-order valence-corrected chi connectivity index (χ3v) is 8.57. The molecule has 1 aromatic carbocycles. The van der Waals surface area contributed by atoms with E-state index in [-0.39, 0.29) is 36.7 Å². The molecule has 12 nitrogen and oxygen atoms in total. The van der Waals surface area contributed by atoms with Crippen LogP contribution in [0.4, 0.5) is 17.5 Å². The van der Waals surface area contributed by atoms with Gasteiger partial charge < -0.3 is 15.2 Å². The number of carbonyl (C=O) groups excluding carboxylic acids is 1. The predicted octanol–water partition coefficient (Wildman–Crippen LogP) is 2.49. The molecule has 2 N–H and O–H groups in total. The molecular formula is C30H32N8O4. The number of nitrogens with one attached hydrogen (secondary N) is 1. The summed E-state index contributed by atoms with van der Waals surface area (Å²) in [6, 6.07) is 9.77. The molecule has 0 fully saturated rings. The van der Waals surface area contributed by atoms with Gasteiger partial charge in [0.25, 0.3) is 11.5 Å². The van der Waals surface area contributed by atoms with Gasteiger partial charge in [0.05, 0.1) is 19.2 Å². The number of ether oxygens (including phenoxy) is 1. The number of carbonyl (C=O) groups is 1. The second kappa shape index (κ2) is 9.78. The highest BCUT2D eigenvalue weighted by atomic mass is 16.5. The number of hydrogen-bond acceptors (Lipinski definition) is 9. The van der Waals surface area contributed by atoms with Gasteiger partial charge in [-0.3, -0.25) is 19.4 Å². The summed E-state index contributed by atoms with van der Waals surface area (Å²) in [6.45, 7) is 5.63. The highest BCUT2D eigenvalue weighted by Crippen LogP contribution is 2.36. The smallest absolute Gasteiger partial charge is 0.278 e. The third kappa shape index (κ3) is 4.25. The minimum Gasteiger partial charge on any atom is -0.480 e. The van der Waals surface area contributed by atoms with E-state index in [1.165, 1.54) is 26.9 Å². The van der Waals surface area contributed by atoms with Crippen molar-refractivity contribution in [2.24, 2.45) is 0 Å². The molecule has 1 unspecified atom stereocenters. The number of likely N-dealkylation sites (N-methyl/N-ethyl adjacent to an activating group) is 1. The van der Waals surface area contributed by atoms with Gasteiger partial charge >= 0.3 is 0 Å². The first-order chi connectivity index (χ1) is 20.2. The first-order valence-corrected chi connectivity index (χ1v) is 14.1. The van der Waals surface area contributed by atoms with Gasteiger partial charge in [-0.1, -0.05) is 18.2 Å². The van der Waals surface area contributed by atoms with Crippen molar-refractivity contribution in [2.75, 3.05) is 37.0 Å². The van der Waals surface area contributed by atoms with Crippen LogP contribution in [-0.2, 0) is 23.3 Å². The maximum absolute atomic E-state index is 13.6.